The summed E-state index contributed by atoms with van der Waals surface area (Å²) in [5, 5.41) is 9.99. The van der Waals surface area contributed by atoms with Crippen LogP contribution in [-0.4, -0.2) is 106 Å². The zero-order valence-corrected chi connectivity index (χ0v) is 38.3. The summed E-state index contributed by atoms with van der Waals surface area (Å²) in [5.41, 5.74) is 3.54. The molecule has 3 saturated heterocycles. The number of fused-ring (bicyclic) bond motifs is 4. The number of H-pyrrole nitrogens is 2. The number of benzene rings is 3. The number of aromatic amines is 2. The average Bonchev–Trinajstić information content (AvgIpc) is 4.14. The summed E-state index contributed by atoms with van der Waals surface area (Å²) in [6.07, 6.45) is 10.2. The zero-order valence-electron chi connectivity index (χ0n) is 38.3. The van der Waals surface area contributed by atoms with E-state index in [1.165, 1.54) is 14.2 Å². The van der Waals surface area contributed by atoms with Gasteiger partial charge in [0.25, 0.3) is 0 Å². The number of nitrogens with zero attached hydrogens (tertiary/aromatic N) is 4. The number of rotatable bonds is 10. The molecular formula is C50H62N8O7. The predicted octanol–water partition coefficient (Wildman–Crippen LogP) is 8.44. The van der Waals surface area contributed by atoms with Gasteiger partial charge in [0.1, 0.15) is 23.7 Å². The van der Waals surface area contributed by atoms with E-state index in [9.17, 15) is 19.2 Å². The van der Waals surface area contributed by atoms with Gasteiger partial charge in [-0.15, -0.1) is 0 Å². The number of amides is 4. The molecule has 9 rings (SSSR count). The smallest absolute Gasteiger partial charge is 0.407 e. The van der Waals surface area contributed by atoms with Crippen LogP contribution in [0, 0.1) is 23.2 Å². The largest absolute Gasteiger partial charge is 0.453 e. The predicted molar refractivity (Wildman–Crippen MR) is 246 cm³/mol. The van der Waals surface area contributed by atoms with Gasteiger partial charge in [-0.3, -0.25) is 9.59 Å². The van der Waals surface area contributed by atoms with E-state index in [1.54, 1.807) is 0 Å². The van der Waals surface area contributed by atoms with Crippen molar-refractivity contribution < 1.29 is 33.4 Å². The minimum Gasteiger partial charge on any atom is -0.453 e. The third-order valence-corrected chi connectivity index (χ3v) is 14.6. The summed E-state index contributed by atoms with van der Waals surface area (Å²) in [6, 6.07) is 15.3. The van der Waals surface area contributed by atoms with Crippen LogP contribution in [0.3, 0.4) is 0 Å². The second-order valence-corrected chi connectivity index (χ2v) is 19.5. The van der Waals surface area contributed by atoms with Crippen molar-refractivity contribution in [2.75, 3.05) is 34.0 Å². The standard InChI is InChI=1S/C50H62N8O7/c1-28(2)42(55-48(61)63-5)46(59)57-26-50(18-9-19-65-27-50)23-41(57)45-52-25-38(54-45)33-15-17-36-31(21-33)13-12-30-20-32(14-16-35(30)36)37-24-51-44(53-37)40-22-34-10-7-8-11-39(34)58(40)47(60)43(29(3)4)56-49(62)64-6/h12-17,20-21,24-25,28-29,34,39-43H,7-11,18-19,22-23,26-27H2,1-6H3,(H,51,53)(H,52,54)(H,55,61)(H,56,62)/t34-,39-,40-,41-,42-,43-,50-/m0/s1. The molecule has 0 bridgehead atoms. The Morgan fingerprint density at radius 2 is 1.32 bits per heavy atom. The van der Waals surface area contributed by atoms with Crippen molar-refractivity contribution in [2.45, 2.75) is 109 Å². The first kappa shape index (κ1) is 44.3. The minimum atomic E-state index is -0.742. The van der Waals surface area contributed by atoms with E-state index in [0.29, 0.717) is 24.9 Å². The molecule has 4 fully saturated rings. The molecule has 4 aliphatic rings. The van der Waals surface area contributed by atoms with Gasteiger partial charge in [-0.2, -0.15) is 0 Å². The lowest BCUT2D eigenvalue weighted by Crippen LogP contribution is -2.53. The third-order valence-electron chi connectivity index (χ3n) is 14.6. The van der Waals surface area contributed by atoms with E-state index >= 15 is 0 Å². The number of nitrogens with one attached hydrogen (secondary N) is 4. The van der Waals surface area contributed by atoms with Gasteiger partial charge in [-0.05, 0) is 90.0 Å². The first-order chi connectivity index (χ1) is 31.4. The number of likely N-dealkylation sites (tertiary alicyclic amines) is 2. The molecule has 15 heteroatoms. The molecule has 3 aromatic carbocycles. The highest BCUT2D eigenvalue weighted by Gasteiger charge is 2.51. The van der Waals surface area contributed by atoms with Crippen molar-refractivity contribution in [1.82, 2.24) is 40.4 Å². The molecule has 0 radical (unpaired) electrons. The van der Waals surface area contributed by atoms with Gasteiger partial charge < -0.3 is 44.6 Å². The summed E-state index contributed by atoms with van der Waals surface area (Å²) in [6.45, 7) is 9.56. The molecule has 2 aromatic heterocycles. The van der Waals surface area contributed by atoms with Gasteiger partial charge in [-0.1, -0.05) is 76.9 Å². The SMILES string of the molecule is COC(=O)N[C@H](C(=O)N1C[C@]2(CCCOC2)C[C@H]1c1ncc(-c2ccc3c(ccc4cc(-c5cnc([C@@H]6C[C@@H]7CCCC[C@@H]7N6C(=O)[C@@H](NC(=O)OC)C(C)C)[nH]5)ccc43)c2)[nH]1)C(C)C. The van der Waals surface area contributed by atoms with Gasteiger partial charge in [0.15, 0.2) is 0 Å². The van der Waals surface area contributed by atoms with Crippen molar-refractivity contribution in [1.29, 1.82) is 0 Å². The van der Waals surface area contributed by atoms with Crippen molar-refractivity contribution in [3.05, 3.63) is 72.6 Å². The van der Waals surface area contributed by atoms with Crippen LogP contribution in [0.25, 0.3) is 44.1 Å². The van der Waals surface area contributed by atoms with Crippen molar-refractivity contribution in [3.8, 4) is 22.5 Å². The molecule has 1 saturated carbocycles. The maximum absolute atomic E-state index is 14.3. The molecule has 5 aromatic rings. The topological polar surface area (TPSA) is 184 Å². The number of hydrogen-bond donors (Lipinski definition) is 4. The quantitative estimate of drug-likeness (QED) is 0.100. The monoisotopic (exact) mass is 886 g/mol. The highest BCUT2D eigenvalue weighted by molar-refractivity contribution is 6.09. The van der Waals surface area contributed by atoms with Crippen molar-refractivity contribution in [3.63, 3.8) is 0 Å². The number of aromatic nitrogens is 4. The first-order valence-electron chi connectivity index (χ1n) is 23.3. The Bertz CT molecular complexity index is 2580. The average molecular weight is 887 g/mol. The highest BCUT2D eigenvalue weighted by Crippen LogP contribution is 2.49. The van der Waals surface area contributed by atoms with Crippen LogP contribution >= 0.6 is 0 Å². The fourth-order valence-electron chi connectivity index (χ4n) is 11.2. The molecule has 3 aliphatic heterocycles. The second kappa shape index (κ2) is 18.1. The van der Waals surface area contributed by atoms with E-state index in [2.05, 4.69) is 69.1 Å². The van der Waals surface area contributed by atoms with Crippen LogP contribution in [0.5, 0.6) is 0 Å². The number of methoxy groups -OCH3 is 2. The van der Waals surface area contributed by atoms with Crippen LogP contribution < -0.4 is 10.6 Å². The lowest BCUT2D eigenvalue weighted by Gasteiger charge is -2.36. The Balaban J connectivity index is 0.958. The van der Waals surface area contributed by atoms with Crippen LogP contribution in [0.2, 0.25) is 0 Å². The van der Waals surface area contributed by atoms with Crippen LogP contribution in [0.1, 0.15) is 103 Å². The van der Waals surface area contributed by atoms with E-state index in [0.717, 1.165) is 108 Å². The van der Waals surface area contributed by atoms with Gasteiger partial charge >= 0.3 is 12.2 Å². The molecule has 0 unspecified atom stereocenters. The molecule has 65 heavy (non-hydrogen) atoms. The van der Waals surface area contributed by atoms with E-state index in [4.69, 9.17) is 24.2 Å². The molecule has 344 valence electrons. The van der Waals surface area contributed by atoms with Crippen molar-refractivity contribution in [2.24, 2.45) is 23.2 Å². The van der Waals surface area contributed by atoms with Crippen LogP contribution in [-0.2, 0) is 23.8 Å². The van der Waals surface area contributed by atoms with Gasteiger partial charge in [0.2, 0.25) is 11.8 Å². The maximum Gasteiger partial charge on any atom is 0.407 e. The molecule has 1 aliphatic carbocycles. The number of ether oxygens (including phenoxy) is 3. The highest BCUT2D eigenvalue weighted by atomic mass is 16.5. The minimum absolute atomic E-state index is 0.0850. The molecular weight excluding hydrogens is 825 g/mol. The Labute approximate surface area is 379 Å². The normalized spacial score (nSPS) is 24.1. The maximum atomic E-state index is 14.3. The van der Waals surface area contributed by atoms with Gasteiger partial charge in [-0.25, -0.2) is 19.6 Å². The molecule has 5 heterocycles. The van der Waals surface area contributed by atoms with E-state index in [-0.39, 0.29) is 47.2 Å². The summed E-state index contributed by atoms with van der Waals surface area (Å²) in [4.78, 5) is 74.0. The number of carbonyl (C=O) groups excluding carboxylic acids is 4. The molecule has 7 atom stereocenters. The molecule has 1 spiro atoms. The molecule has 4 N–H and O–H groups in total. The Morgan fingerprint density at radius 1 is 0.754 bits per heavy atom. The first-order valence-corrected chi connectivity index (χ1v) is 23.3. The van der Waals surface area contributed by atoms with E-state index in [1.807, 2.05) is 49.9 Å². The van der Waals surface area contributed by atoms with Crippen LogP contribution in [0.15, 0.2) is 60.9 Å². The summed E-state index contributed by atoms with van der Waals surface area (Å²) in [5.74, 6) is 1.37. The van der Waals surface area contributed by atoms with Gasteiger partial charge in [0.05, 0.1) is 56.7 Å². The summed E-state index contributed by atoms with van der Waals surface area (Å²) in [7, 11) is 2.62. The second-order valence-electron chi connectivity index (χ2n) is 19.5. The number of hydrogen-bond acceptors (Lipinski definition) is 9. The number of carbonyl (C=O) groups is 4. The Hall–Kier alpha value is -5.96. The lowest BCUT2D eigenvalue weighted by molar-refractivity contribution is -0.138. The molecule has 4 amide bonds. The Morgan fingerprint density at radius 3 is 1.88 bits per heavy atom. The molecule has 15 nitrogen and oxygen atoms in total. The van der Waals surface area contributed by atoms with Gasteiger partial charge in [0, 0.05) is 35.7 Å². The fraction of sp³-hybridized carbons (Fsp3) is 0.520. The van der Waals surface area contributed by atoms with E-state index < -0.39 is 24.3 Å². The third kappa shape index (κ3) is 8.55. The lowest BCUT2D eigenvalue weighted by atomic mass is 9.80. The number of alkyl carbamates (subject to hydrolysis) is 2. The number of imidazole rings is 2. The Kier molecular flexibility index (Phi) is 12.3. The van der Waals surface area contributed by atoms with Crippen molar-refractivity contribution >= 4 is 45.5 Å². The summed E-state index contributed by atoms with van der Waals surface area (Å²) < 4.78 is 15.7. The summed E-state index contributed by atoms with van der Waals surface area (Å²) >= 11 is 0. The fourth-order valence-corrected chi connectivity index (χ4v) is 11.2. The zero-order chi connectivity index (χ0) is 45.6. The van der Waals surface area contributed by atoms with Crippen LogP contribution in [0.4, 0.5) is 9.59 Å².